The van der Waals surface area contributed by atoms with Gasteiger partial charge >= 0.3 is 5.97 Å². The molecule has 1 aromatic carbocycles. The van der Waals surface area contributed by atoms with Gasteiger partial charge in [-0.2, -0.15) is 0 Å². The highest BCUT2D eigenvalue weighted by atomic mass is 16.5. The molecule has 35 heavy (non-hydrogen) atoms. The molecule has 2 atom stereocenters. The van der Waals surface area contributed by atoms with Crippen LogP contribution in [0.15, 0.2) is 36.7 Å². The van der Waals surface area contributed by atoms with Crippen LogP contribution in [-0.4, -0.2) is 37.4 Å². The van der Waals surface area contributed by atoms with Crippen LogP contribution in [0.3, 0.4) is 0 Å². The van der Waals surface area contributed by atoms with Crippen LogP contribution < -0.4 is 21.7 Å². The molecule has 5 N–H and O–H groups in total. The Labute approximate surface area is 212 Å². The Kier molecular flexibility index (Phi) is 16.4. The lowest BCUT2D eigenvalue weighted by molar-refractivity contribution is -0.145. The van der Waals surface area contributed by atoms with E-state index in [0.717, 1.165) is 11.1 Å². The number of nitrogens with two attached hydrogens (primary N) is 1. The van der Waals surface area contributed by atoms with Gasteiger partial charge in [0.1, 0.15) is 11.8 Å². The topological polar surface area (TPSA) is 123 Å². The van der Waals surface area contributed by atoms with Gasteiger partial charge < -0.3 is 26.4 Å². The van der Waals surface area contributed by atoms with E-state index in [1.54, 1.807) is 6.92 Å². The van der Waals surface area contributed by atoms with E-state index in [2.05, 4.69) is 55.1 Å². The van der Waals surface area contributed by atoms with Gasteiger partial charge in [0.15, 0.2) is 0 Å². The van der Waals surface area contributed by atoms with Gasteiger partial charge in [-0.3, -0.25) is 9.59 Å². The summed E-state index contributed by atoms with van der Waals surface area (Å²) >= 11 is 0. The number of hydrogen-bond acceptors (Lipinski definition) is 7. The summed E-state index contributed by atoms with van der Waals surface area (Å²) in [6.45, 7) is 22.9. The second kappa shape index (κ2) is 16.7. The van der Waals surface area contributed by atoms with Gasteiger partial charge in [-0.25, -0.2) is 4.79 Å². The van der Waals surface area contributed by atoms with Crippen molar-refractivity contribution in [2.45, 2.75) is 87.5 Å². The summed E-state index contributed by atoms with van der Waals surface area (Å²) in [6, 6.07) is 7.45. The molecule has 0 aromatic heterocycles. The van der Waals surface area contributed by atoms with Crippen molar-refractivity contribution in [1.29, 1.82) is 0 Å². The van der Waals surface area contributed by atoms with Gasteiger partial charge in [-0.05, 0) is 28.9 Å². The molecule has 8 heteroatoms. The van der Waals surface area contributed by atoms with Crippen molar-refractivity contribution in [1.82, 2.24) is 16.0 Å². The highest BCUT2D eigenvalue weighted by molar-refractivity contribution is 5.82. The van der Waals surface area contributed by atoms with E-state index in [0.29, 0.717) is 18.9 Å². The molecule has 1 aromatic rings. The maximum Gasteiger partial charge on any atom is 0.328 e. The third kappa shape index (κ3) is 14.2. The summed E-state index contributed by atoms with van der Waals surface area (Å²) < 4.78 is 4.90. The van der Waals surface area contributed by atoms with Gasteiger partial charge in [0.2, 0.25) is 6.41 Å². The van der Waals surface area contributed by atoms with Crippen LogP contribution in [0.5, 0.6) is 0 Å². The highest BCUT2D eigenvalue weighted by Gasteiger charge is 2.32. The summed E-state index contributed by atoms with van der Waals surface area (Å²) in [7, 11) is 1.38. The van der Waals surface area contributed by atoms with E-state index < -0.39 is 6.04 Å². The molecular weight excluding hydrogens is 444 g/mol. The normalized spacial score (nSPS) is 12.4. The van der Waals surface area contributed by atoms with E-state index in [4.69, 9.17) is 9.53 Å². The zero-order valence-corrected chi connectivity index (χ0v) is 23.4. The minimum atomic E-state index is -0.501. The molecule has 0 heterocycles. The van der Waals surface area contributed by atoms with E-state index in [1.807, 2.05) is 52.8 Å². The molecular formula is C27H48N4O4. The number of ether oxygens (including phenoxy) is 1. The van der Waals surface area contributed by atoms with Gasteiger partial charge in [0.05, 0.1) is 19.0 Å². The summed E-state index contributed by atoms with van der Waals surface area (Å²) in [5.41, 5.74) is 5.89. The molecule has 0 radical (unpaired) electrons. The highest BCUT2D eigenvalue weighted by Crippen LogP contribution is 2.21. The Morgan fingerprint density at radius 1 is 1.03 bits per heavy atom. The quantitative estimate of drug-likeness (QED) is 0.290. The maximum absolute atomic E-state index is 12.1. The number of ketones is 1. The molecule has 0 spiro atoms. The van der Waals surface area contributed by atoms with Crippen LogP contribution in [0.4, 0.5) is 0 Å². The zero-order valence-electron chi connectivity index (χ0n) is 23.4. The van der Waals surface area contributed by atoms with Crippen LogP contribution in [0.25, 0.3) is 0 Å². The number of primary amides is 1. The predicted molar refractivity (Wildman–Crippen MR) is 143 cm³/mol. The van der Waals surface area contributed by atoms with Crippen molar-refractivity contribution < 1.29 is 19.1 Å². The number of benzene rings is 1. The first-order valence-corrected chi connectivity index (χ1v) is 11.9. The molecule has 0 fully saturated rings. The van der Waals surface area contributed by atoms with Crippen molar-refractivity contribution in [3.05, 3.63) is 47.8 Å². The fraction of sp³-hybridized carbons (Fsp3) is 0.593. The minimum Gasteiger partial charge on any atom is -0.467 e. The second-order valence-corrected chi connectivity index (χ2v) is 10.0. The lowest BCUT2D eigenvalue weighted by atomic mass is 9.84. The summed E-state index contributed by atoms with van der Waals surface area (Å²) in [5, 5.41) is 9.74. The Morgan fingerprint density at radius 3 is 1.89 bits per heavy atom. The Morgan fingerprint density at radius 2 is 1.49 bits per heavy atom. The number of Topliss-reactive ketones (excluding diaryl/α,β-unsaturated/α-hetero) is 1. The molecule has 2 unspecified atom stereocenters. The lowest BCUT2D eigenvalue weighted by Crippen LogP contribution is -2.48. The first-order valence-electron chi connectivity index (χ1n) is 11.9. The van der Waals surface area contributed by atoms with Crippen LogP contribution in [-0.2, 0) is 32.2 Å². The smallest absolute Gasteiger partial charge is 0.328 e. The van der Waals surface area contributed by atoms with Gasteiger partial charge in [0, 0.05) is 13.1 Å². The van der Waals surface area contributed by atoms with Crippen LogP contribution in [0, 0.1) is 10.8 Å². The molecule has 0 aliphatic heterocycles. The Balaban J connectivity index is 0. The molecule has 0 bridgehead atoms. The van der Waals surface area contributed by atoms with E-state index in [1.165, 1.54) is 7.11 Å². The number of methoxy groups -OCH3 is 1. The van der Waals surface area contributed by atoms with Crippen molar-refractivity contribution in [2.75, 3.05) is 7.11 Å². The number of carbonyl (C=O) groups excluding carboxylic acids is 3. The number of hydrogen-bond donors (Lipinski definition) is 4. The largest absolute Gasteiger partial charge is 0.467 e. The Bertz CT molecular complexity index is 795. The van der Waals surface area contributed by atoms with Gasteiger partial charge in [-0.1, -0.05) is 86.2 Å². The number of nitrogens with one attached hydrogen (secondary N) is 3. The fourth-order valence-electron chi connectivity index (χ4n) is 3.31. The number of amides is 1. The third-order valence-electron chi connectivity index (χ3n) is 4.90. The first-order chi connectivity index (χ1) is 16.2. The standard InChI is InChI=1S/C24H39N3O3.C2H6.CH3NO/c1-16(28)20(23(3,4)5)26-15-19-12-10-11-18(13-19)14-25-17(2)27-21(22(29)30-9)24(6,7)8;1-2;2-1-3/h10-13,20-21,25-27H,2,14-15H2,1,3-9H3;1-2H3;1H,(H2,2,3). The molecule has 0 aliphatic rings. The van der Waals surface area contributed by atoms with Crippen molar-refractivity contribution in [3.63, 3.8) is 0 Å². The summed E-state index contributed by atoms with van der Waals surface area (Å²) in [4.78, 5) is 32.6. The lowest BCUT2D eigenvalue weighted by Gasteiger charge is -2.30. The summed E-state index contributed by atoms with van der Waals surface area (Å²) in [5.74, 6) is 0.382. The van der Waals surface area contributed by atoms with E-state index >= 15 is 0 Å². The minimum absolute atomic E-state index is 0.140. The average molecular weight is 493 g/mol. The van der Waals surface area contributed by atoms with Crippen molar-refractivity contribution in [3.8, 4) is 0 Å². The monoisotopic (exact) mass is 492 g/mol. The van der Waals surface area contributed by atoms with Crippen LogP contribution >= 0.6 is 0 Å². The average Bonchev–Trinajstić information content (AvgIpc) is 2.76. The van der Waals surface area contributed by atoms with Crippen LogP contribution in [0.1, 0.15) is 73.4 Å². The number of esters is 1. The van der Waals surface area contributed by atoms with Crippen molar-refractivity contribution in [2.24, 2.45) is 16.6 Å². The van der Waals surface area contributed by atoms with Crippen molar-refractivity contribution >= 4 is 18.2 Å². The third-order valence-corrected chi connectivity index (χ3v) is 4.90. The predicted octanol–water partition coefficient (Wildman–Crippen LogP) is 3.65. The van der Waals surface area contributed by atoms with Gasteiger partial charge in [0.25, 0.3) is 0 Å². The van der Waals surface area contributed by atoms with Gasteiger partial charge in [-0.15, -0.1) is 0 Å². The van der Waals surface area contributed by atoms with E-state index in [-0.39, 0.29) is 35.0 Å². The molecule has 0 aliphatic carbocycles. The molecule has 8 nitrogen and oxygen atoms in total. The second-order valence-electron chi connectivity index (χ2n) is 10.0. The molecule has 200 valence electrons. The van der Waals surface area contributed by atoms with Crippen LogP contribution in [0.2, 0.25) is 0 Å². The maximum atomic E-state index is 12.1. The zero-order chi connectivity index (χ0) is 27.8. The molecule has 1 rings (SSSR count). The fourth-order valence-corrected chi connectivity index (χ4v) is 3.31. The Hall–Kier alpha value is -2.87. The first kappa shape index (κ1) is 34.3. The van der Waals surface area contributed by atoms with E-state index in [9.17, 15) is 9.59 Å². The number of carbonyl (C=O) groups is 3. The molecule has 1 amide bonds. The SMILES string of the molecule is C=C(NCc1cccc(CNC(C(C)=O)C(C)(C)C)c1)NC(C(=O)OC)C(C)(C)C.CC.NC=O. The molecule has 0 saturated carbocycles. The molecule has 0 saturated heterocycles. The summed E-state index contributed by atoms with van der Waals surface area (Å²) in [6.07, 6.45) is 0.250. The number of rotatable bonds is 10.